The number of amides is 1. The number of benzene rings is 2. The van der Waals surface area contributed by atoms with E-state index < -0.39 is 0 Å². The second kappa shape index (κ2) is 10.3. The number of pyridine rings is 1. The van der Waals surface area contributed by atoms with E-state index in [9.17, 15) is 9.90 Å². The molecule has 0 atom stereocenters. The summed E-state index contributed by atoms with van der Waals surface area (Å²) in [5.74, 6) is 3.89. The molecule has 7 rings (SSSR count). The number of anilines is 2. The molecule has 1 aromatic heterocycles. The molecule has 4 aliphatic rings. The van der Waals surface area contributed by atoms with Gasteiger partial charge in [0.1, 0.15) is 11.6 Å². The van der Waals surface area contributed by atoms with Crippen LogP contribution in [-0.4, -0.2) is 29.1 Å². The van der Waals surface area contributed by atoms with Gasteiger partial charge in [-0.25, -0.2) is 4.98 Å². The fourth-order valence-electron chi connectivity index (χ4n) is 7.73. The molecule has 4 fully saturated rings. The van der Waals surface area contributed by atoms with Crippen molar-refractivity contribution in [3.8, 4) is 5.75 Å². The molecule has 4 aliphatic carbocycles. The third kappa shape index (κ3) is 5.59. The van der Waals surface area contributed by atoms with Gasteiger partial charge in [0.05, 0.1) is 11.2 Å². The predicted molar refractivity (Wildman–Crippen MR) is 149 cm³/mol. The number of nitrogens with one attached hydrogen (secondary N) is 3. The van der Waals surface area contributed by atoms with E-state index >= 15 is 0 Å². The minimum Gasteiger partial charge on any atom is -0.508 e. The van der Waals surface area contributed by atoms with E-state index in [4.69, 9.17) is 4.98 Å². The third-order valence-corrected chi connectivity index (χ3v) is 8.78. The molecule has 6 nitrogen and oxygen atoms in total. The Balaban J connectivity index is 1.01. The summed E-state index contributed by atoms with van der Waals surface area (Å²) in [5, 5.41) is 20.6. The Bertz CT molecular complexity index is 1240. The monoisotopic (exact) mass is 498 g/mol. The summed E-state index contributed by atoms with van der Waals surface area (Å²) < 4.78 is 0. The Hall–Kier alpha value is -3.12. The smallest absolute Gasteiger partial charge is 0.224 e. The second-order valence-electron chi connectivity index (χ2n) is 11.8. The average molecular weight is 499 g/mol. The lowest BCUT2D eigenvalue weighted by atomic mass is 9.49. The number of nitrogens with zero attached hydrogens (tertiary/aromatic N) is 1. The third-order valence-electron chi connectivity index (χ3n) is 8.78. The quantitative estimate of drug-likeness (QED) is 0.255. The molecule has 0 spiro atoms. The van der Waals surface area contributed by atoms with Crippen molar-refractivity contribution < 1.29 is 9.90 Å². The predicted octanol–water partition coefficient (Wildman–Crippen LogP) is 6.08. The Morgan fingerprint density at radius 1 is 0.946 bits per heavy atom. The summed E-state index contributed by atoms with van der Waals surface area (Å²) in [7, 11) is 0. The summed E-state index contributed by atoms with van der Waals surface area (Å²) >= 11 is 0. The normalized spacial score (nSPS) is 25.9. The number of rotatable bonds is 10. The first-order valence-electron chi connectivity index (χ1n) is 14.0. The first kappa shape index (κ1) is 24.2. The summed E-state index contributed by atoms with van der Waals surface area (Å²) in [4.78, 5) is 18.0. The van der Waals surface area contributed by atoms with Gasteiger partial charge in [-0.05, 0) is 117 Å². The fourth-order valence-corrected chi connectivity index (χ4v) is 7.73. The van der Waals surface area contributed by atoms with Crippen molar-refractivity contribution >= 4 is 28.3 Å². The maximum atomic E-state index is 13.2. The number of hydrogen-bond acceptors (Lipinski definition) is 5. The topological polar surface area (TPSA) is 86.3 Å². The van der Waals surface area contributed by atoms with Crippen LogP contribution in [0.2, 0.25) is 0 Å². The van der Waals surface area contributed by atoms with Crippen molar-refractivity contribution in [2.75, 3.05) is 23.7 Å². The van der Waals surface area contributed by atoms with Crippen LogP contribution in [0.1, 0.15) is 56.9 Å². The highest BCUT2D eigenvalue weighted by molar-refractivity contribution is 6.01. The van der Waals surface area contributed by atoms with E-state index in [2.05, 4.69) is 22.0 Å². The molecule has 4 saturated carbocycles. The van der Waals surface area contributed by atoms with Gasteiger partial charge in [0, 0.05) is 24.9 Å². The van der Waals surface area contributed by atoms with Crippen LogP contribution >= 0.6 is 0 Å². The summed E-state index contributed by atoms with van der Waals surface area (Å²) in [6.07, 6.45) is 9.60. The highest BCUT2D eigenvalue weighted by atomic mass is 16.3. The molecular formula is C31H38N4O2. The standard InChI is InChI=1S/C31H38N4O2/c36-25-5-1-4-21(15-25)20-32-10-3-11-33-29-9-8-26-27(34-29)6-2-7-28(26)35-30(37)19-31-16-22-12-23(17-31)14-24(13-22)18-31/h1-2,4-9,15,22-24,32,36H,3,10-14,16-20H2,(H,33,34)(H,35,37). The van der Waals surface area contributed by atoms with Gasteiger partial charge in [-0.1, -0.05) is 18.2 Å². The fraction of sp³-hybridized carbons (Fsp3) is 0.484. The molecule has 0 radical (unpaired) electrons. The van der Waals surface area contributed by atoms with Gasteiger partial charge in [-0.15, -0.1) is 0 Å². The number of fused-ring (bicyclic) bond motifs is 1. The van der Waals surface area contributed by atoms with Crippen LogP contribution in [0.25, 0.3) is 10.9 Å². The van der Waals surface area contributed by atoms with Crippen LogP contribution in [0.15, 0.2) is 54.6 Å². The Morgan fingerprint density at radius 3 is 2.46 bits per heavy atom. The molecule has 0 saturated heterocycles. The molecule has 3 aromatic rings. The maximum absolute atomic E-state index is 13.2. The number of carbonyl (C=O) groups excluding carboxylic acids is 1. The minimum atomic E-state index is 0.162. The largest absolute Gasteiger partial charge is 0.508 e. The molecule has 6 heteroatoms. The Kier molecular flexibility index (Phi) is 6.76. The number of phenolic OH excluding ortho intramolecular Hbond substituents is 1. The minimum absolute atomic E-state index is 0.162. The summed E-state index contributed by atoms with van der Waals surface area (Å²) in [5.41, 5.74) is 3.07. The lowest BCUT2D eigenvalue weighted by molar-refractivity contribution is -0.124. The number of aromatic nitrogens is 1. The van der Waals surface area contributed by atoms with Crippen molar-refractivity contribution in [2.45, 2.75) is 57.9 Å². The molecule has 4 N–H and O–H groups in total. The van der Waals surface area contributed by atoms with Crippen LogP contribution in [0.4, 0.5) is 11.5 Å². The average Bonchev–Trinajstić information content (AvgIpc) is 2.85. The molecule has 1 amide bonds. The van der Waals surface area contributed by atoms with Gasteiger partial charge >= 0.3 is 0 Å². The van der Waals surface area contributed by atoms with Gasteiger partial charge in [0.25, 0.3) is 0 Å². The zero-order valence-electron chi connectivity index (χ0n) is 21.5. The molecule has 0 aliphatic heterocycles. The van der Waals surface area contributed by atoms with Gasteiger partial charge < -0.3 is 21.1 Å². The zero-order valence-corrected chi connectivity index (χ0v) is 21.5. The van der Waals surface area contributed by atoms with Crippen LogP contribution in [0.3, 0.4) is 0 Å². The number of phenols is 1. The highest BCUT2D eigenvalue weighted by Gasteiger charge is 2.51. The highest BCUT2D eigenvalue weighted by Crippen LogP contribution is 2.61. The van der Waals surface area contributed by atoms with Gasteiger partial charge in [0.2, 0.25) is 5.91 Å². The van der Waals surface area contributed by atoms with Gasteiger partial charge in [-0.2, -0.15) is 0 Å². The van der Waals surface area contributed by atoms with Crippen LogP contribution in [0, 0.1) is 23.2 Å². The first-order valence-corrected chi connectivity index (χ1v) is 14.0. The second-order valence-corrected chi connectivity index (χ2v) is 11.8. The van der Waals surface area contributed by atoms with Crippen LogP contribution in [-0.2, 0) is 11.3 Å². The van der Waals surface area contributed by atoms with Crippen molar-refractivity contribution in [1.29, 1.82) is 0 Å². The molecule has 37 heavy (non-hydrogen) atoms. The van der Waals surface area contributed by atoms with Crippen molar-refractivity contribution in [2.24, 2.45) is 23.2 Å². The van der Waals surface area contributed by atoms with E-state index in [-0.39, 0.29) is 11.3 Å². The maximum Gasteiger partial charge on any atom is 0.224 e. The van der Waals surface area contributed by atoms with Crippen LogP contribution < -0.4 is 16.0 Å². The number of hydrogen-bond donors (Lipinski definition) is 4. The van der Waals surface area contributed by atoms with E-state index in [0.717, 1.165) is 71.8 Å². The molecule has 194 valence electrons. The molecule has 4 bridgehead atoms. The number of carbonyl (C=O) groups is 1. The van der Waals surface area contributed by atoms with Crippen molar-refractivity contribution in [3.05, 3.63) is 60.2 Å². The van der Waals surface area contributed by atoms with Crippen molar-refractivity contribution in [3.63, 3.8) is 0 Å². The lowest BCUT2D eigenvalue weighted by Gasteiger charge is -2.56. The van der Waals surface area contributed by atoms with E-state index in [1.165, 1.54) is 38.5 Å². The van der Waals surface area contributed by atoms with Gasteiger partial charge in [-0.3, -0.25) is 4.79 Å². The SMILES string of the molecule is O=C(CC12CC3CC(CC(C3)C1)C2)Nc1cccc2nc(NCCCNCc3cccc(O)c3)ccc12. The Labute approximate surface area is 219 Å². The van der Waals surface area contributed by atoms with Crippen LogP contribution in [0.5, 0.6) is 5.75 Å². The lowest BCUT2D eigenvalue weighted by Crippen LogP contribution is -2.47. The Morgan fingerprint density at radius 2 is 1.70 bits per heavy atom. The van der Waals surface area contributed by atoms with E-state index in [0.29, 0.717) is 12.2 Å². The molecular weight excluding hydrogens is 460 g/mol. The molecule has 2 aromatic carbocycles. The first-order chi connectivity index (χ1) is 18.0. The zero-order chi connectivity index (χ0) is 25.2. The molecule has 1 heterocycles. The molecule has 0 unspecified atom stereocenters. The van der Waals surface area contributed by atoms with Gasteiger partial charge in [0.15, 0.2) is 0 Å². The van der Waals surface area contributed by atoms with E-state index in [1.807, 2.05) is 36.4 Å². The summed E-state index contributed by atoms with van der Waals surface area (Å²) in [6.45, 7) is 2.42. The number of aromatic hydroxyl groups is 1. The van der Waals surface area contributed by atoms with Crippen molar-refractivity contribution in [1.82, 2.24) is 10.3 Å². The van der Waals surface area contributed by atoms with E-state index in [1.54, 1.807) is 12.1 Å². The summed E-state index contributed by atoms with van der Waals surface area (Å²) in [6, 6.07) is 17.4.